The fourth-order valence-corrected chi connectivity index (χ4v) is 4.41. The molecule has 0 unspecified atom stereocenters. The second-order valence-electron chi connectivity index (χ2n) is 7.58. The third-order valence-corrected chi connectivity index (χ3v) is 5.25. The number of nitrogens with zero attached hydrogens (tertiary/aromatic N) is 1. The summed E-state index contributed by atoms with van der Waals surface area (Å²) in [6, 6.07) is 0.509. The third kappa shape index (κ3) is 3.62. The second-order valence-corrected chi connectivity index (χ2v) is 8.44. The summed E-state index contributed by atoms with van der Waals surface area (Å²) in [6.07, 6.45) is 7.87. The fraction of sp³-hybridized carbons (Fsp3) is 0.824. The summed E-state index contributed by atoms with van der Waals surface area (Å²) >= 11 is 1.86. The first-order valence-corrected chi connectivity index (χ1v) is 8.96. The van der Waals surface area contributed by atoms with Crippen molar-refractivity contribution in [2.75, 3.05) is 0 Å². The molecule has 2 rings (SSSR count). The van der Waals surface area contributed by atoms with E-state index in [2.05, 4.69) is 45.3 Å². The molecule has 0 radical (unpaired) electrons. The minimum atomic E-state index is 0.124. The summed E-state index contributed by atoms with van der Waals surface area (Å²) in [5.41, 5.74) is 1.52. The summed E-state index contributed by atoms with van der Waals surface area (Å²) in [5.74, 6) is 0. The highest BCUT2D eigenvalue weighted by Gasteiger charge is 2.36. The molecule has 0 bridgehead atoms. The minimum Gasteiger partial charge on any atom is -0.303 e. The molecular formula is C17H30N2S. The molecule has 0 aromatic carbocycles. The molecule has 1 saturated carbocycles. The number of nitrogens with one attached hydrogen (secondary N) is 1. The van der Waals surface area contributed by atoms with Crippen LogP contribution >= 0.6 is 11.3 Å². The summed E-state index contributed by atoms with van der Waals surface area (Å²) in [4.78, 5) is 5.03. The van der Waals surface area contributed by atoms with Crippen molar-refractivity contribution in [1.82, 2.24) is 10.3 Å². The summed E-state index contributed by atoms with van der Waals surface area (Å²) < 4.78 is 0. The molecule has 2 nitrogen and oxygen atoms in total. The molecule has 1 fully saturated rings. The van der Waals surface area contributed by atoms with Gasteiger partial charge in [0.2, 0.25) is 0 Å². The Morgan fingerprint density at radius 1 is 1.15 bits per heavy atom. The van der Waals surface area contributed by atoms with Gasteiger partial charge in [-0.15, -0.1) is 11.3 Å². The lowest BCUT2D eigenvalue weighted by molar-refractivity contribution is 0.265. The predicted octanol–water partition coefficient (Wildman–Crippen LogP) is 4.99. The molecule has 1 aliphatic rings. The van der Waals surface area contributed by atoms with Gasteiger partial charge in [-0.25, -0.2) is 4.98 Å². The van der Waals surface area contributed by atoms with Gasteiger partial charge in [0.05, 0.1) is 11.2 Å². The van der Waals surface area contributed by atoms with Crippen molar-refractivity contribution in [2.24, 2.45) is 0 Å². The van der Waals surface area contributed by atoms with E-state index in [9.17, 15) is 0 Å². The molecule has 1 N–H and O–H groups in total. The van der Waals surface area contributed by atoms with E-state index < -0.39 is 0 Å². The summed E-state index contributed by atoms with van der Waals surface area (Å²) in [7, 11) is 0. The van der Waals surface area contributed by atoms with Gasteiger partial charge in [-0.1, -0.05) is 46.5 Å². The first kappa shape index (κ1) is 16.0. The van der Waals surface area contributed by atoms with E-state index in [0.717, 1.165) is 0 Å². The van der Waals surface area contributed by atoms with E-state index >= 15 is 0 Å². The molecule has 114 valence electrons. The average Bonchev–Trinajstić information content (AvgIpc) is 2.72. The zero-order valence-electron chi connectivity index (χ0n) is 13.8. The molecule has 0 aliphatic heterocycles. The molecule has 0 atom stereocenters. The van der Waals surface area contributed by atoms with E-state index in [4.69, 9.17) is 4.98 Å². The molecule has 1 aliphatic carbocycles. The average molecular weight is 295 g/mol. The zero-order valence-corrected chi connectivity index (χ0v) is 14.6. The van der Waals surface area contributed by atoms with Crippen molar-refractivity contribution >= 4 is 11.3 Å². The first-order valence-electron chi connectivity index (χ1n) is 8.08. The van der Waals surface area contributed by atoms with E-state index in [1.807, 2.05) is 11.3 Å². The Morgan fingerprint density at radius 3 is 2.20 bits per heavy atom. The van der Waals surface area contributed by atoms with Crippen molar-refractivity contribution in [3.05, 3.63) is 16.1 Å². The largest absolute Gasteiger partial charge is 0.303 e. The van der Waals surface area contributed by atoms with Crippen LogP contribution in [0.1, 0.15) is 83.8 Å². The molecule has 1 aromatic rings. The Labute approximate surface area is 128 Å². The van der Waals surface area contributed by atoms with E-state index in [1.54, 1.807) is 0 Å². The topological polar surface area (TPSA) is 24.9 Å². The van der Waals surface area contributed by atoms with Crippen LogP contribution in [0.5, 0.6) is 0 Å². The molecule has 0 spiro atoms. The van der Waals surface area contributed by atoms with Crippen LogP contribution in [0.4, 0.5) is 0 Å². The van der Waals surface area contributed by atoms with Gasteiger partial charge in [-0.05, 0) is 26.7 Å². The lowest BCUT2D eigenvalue weighted by Crippen LogP contribution is -2.45. The van der Waals surface area contributed by atoms with Crippen molar-refractivity contribution < 1.29 is 0 Å². The van der Waals surface area contributed by atoms with Gasteiger partial charge >= 0.3 is 0 Å². The van der Waals surface area contributed by atoms with Gasteiger partial charge in [-0.2, -0.15) is 0 Å². The number of hydrogen-bond acceptors (Lipinski definition) is 3. The Hall–Kier alpha value is -0.410. The van der Waals surface area contributed by atoms with Crippen molar-refractivity contribution in [2.45, 2.75) is 90.1 Å². The minimum absolute atomic E-state index is 0.124. The first-order chi connectivity index (χ1) is 9.33. The molecular weight excluding hydrogens is 264 g/mol. The lowest BCUT2D eigenvalue weighted by Gasteiger charge is -2.34. The third-order valence-electron chi connectivity index (χ3n) is 4.20. The van der Waals surface area contributed by atoms with Crippen LogP contribution < -0.4 is 5.32 Å². The monoisotopic (exact) mass is 294 g/mol. The number of rotatable bonds is 3. The van der Waals surface area contributed by atoms with Crippen molar-refractivity contribution in [1.29, 1.82) is 0 Å². The van der Waals surface area contributed by atoms with Gasteiger partial charge < -0.3 is 5.32 Å². The van der Waals surface area contributed by atoms with Crippen LogP contribution in [-0.2, 0) is 11.0 Å². The Morgan fingerprint density at radius 2 is 1.75 bits per heavy atom. The number of hydrogen-bond donors (Lipinski definition) is 1. The van der Waals surface area contributed by atoms with E-state index in [1.165, 1.54) is 49.2 Å². The highest BCUT2D eigenvalue weighted by atomic mass is 32.1. The summed E-state index contributed by atoms with van der Waals surface area (Å²) in [5, 5.41) is 7.45. The van der Waals surface area contributed by atoms with Crippen LogP contribution in [0.3, 0.4) is 0 Å². The van der Waals surface area contributed by atoms with Crippen LogP contribution in [0.2, 0.25) is 0 Å². The highest BCUT2D eigenvalue weighted by Crippen LogP contribution is 2.39. The van der Waals surface area contributed by atoms with E-state index in [0.29, 0.717) is 6.04 Å². The Balaban J connectivity index is 2.32. The normalized spacial score (nSPS) is 20.1. The van der Waals surface area contributed by atoms with Crippen molar-refractivity contribution in [3.8, 4) is 0 Å². The molecule has 1 heterocycles. The SMILES string of the molecule is CC(C)NC1(c2nc(C(C)(C)C)cs2)CCCCCC1. The predicted molar refractivity (Wildman–Crippen MR) is 88.5 cm³/mol. The maximum Gasteiger partial charge on any atom is 0.113 e. The van der Waals surface area contributed by atoms with E-state index in [-0.39, 0.29) is 11.0 Å². The maximum absolute atomic E-state index is 5.03. The standard InChI is InChI=1S/C17H30N2S/c1-13(2)19-17(10-8-6-7-9-11-17)15-18-14(12-20-15)16(3,4)5/h12-13,19H,6-11H2,1-5H3. The Bertz CT molecular complexity index is 420. The van der Waals surface area contributed by atoms with Gasteiger partial charge in [-0.3, -0.25) is 0 Å². The quantitative estimate of drug-likeness (QED) is 0.795. The zero-order chi connectivity index (χ0) is 14.8. The highest BCUT2D eigenvalue weighted by molar-refractivity contribution is 7.09. The van der Waals surface area contributed by atoms with Crippen LogP contribution in [0.15, 0.2) is 5.38 Å². The lowest BCUT2D eigenvalue weighted by atomic mass is 9.89. The summed E-state index contributed by atoms with van der Waals surface area (Å²) in [6.45, 7) is 11.3. The maximum atomic E-state index is 5.03. The molecule has 1 aromatic heterocycles. The number of aromatic nitrogens is 1. The van der Waals surface area contributed by atoms with Gasteiger partial charge in [0.25, 0.3) is 0 Å². The van der Waals surface area contributed by atoms with Crippen molar-refractivity contribution in [3.63, 3.8) is 0 Å². The van der Waals surface area contributed by atoms with Gasteiger partial charge in [0, 0.05) is 16.8 Å². The van der Waals surface area contributed by atoms with Gasteiger partial charge in [0.1, 0.15) is 5.01 Å². The molecule has 0 saturated heterocycles. The molecule has 20 heavy (non-hydrogen) atoms. The van der Waals surface area contributed by atoms with Gasteiger partial charge in [0.15, 0.2) is 0 Å². The fourth-order valence-electron chi connectivity index (χ4n) is 3.14. The van der Waals surface area contributed by atoms with Crippen LogP contribution in [-0.4, -0.2) is 11.0 Å². The van der Waals surface area contributed by atoms with Crippen LogP contribution in [0.25, 0.3) is 0 Å². The Kier molecular flexibility index (Phi) is 4.91. The smallest absolute Gasteiger partial charge is 0.113 e. The van der Waals surface area contributed by atoms with Crippen LogP contribution in [0, 0.1) is 0 Å². The molecule has 0 amide bonds. The molecule has 3 heteroatoms. The second kappa shape index (κ2) is 6.15. The number of thiazole rings is 1.